The number of alkyl carbamates (subject to hydrolysis) is 1. The molecule has 1 saturated heterocycles. The third-order valence-electron chi connectivity index (χ3n) is 7.86. The van der Waals surface area contributed by atoms with Crippen molar-refractivity contribution in [3.63, 3.8) is 0 Å². The lowest BCUT2D eigenvalue weighted by atomic mass is 9.77. The largest absolute Gasteiger partial charge is 0.492 e. The standard InChI is InChI=1S/C30H32BN3O6S/c1-29(2)30(3,4)40-31(39-29)19(14-18-15-32-27(41-5)34-25(18)26(35)36)16-33-28(37)38-17-24-22-12-8-6-10-20(22)21-11-7-9-13-23(21)24/h6-15,24H,16-17H2,1-5H3,(H,33,37)(H,35,36). The molecule has 0 radical (unpaired) electrons. The molecule has 11 heteroatoms. The number of carboxylic acids is 1. The topological polar surface area (TPSA) is 120 Å². The lowest BCUT2D eigenvalue weighted by Gasteiger charge is -2.32. The van der Waals surface area contributed by atoms with E-state index in [2.05, 4.69) is 39.6 Å². The van der Waals surface area contributed by atoms with E-state index < -0.39 is 30.4 Å². The second kappa shape index (κ2) is 11.3. The zero-order chi connectivity index (χ0) is 29.4. The number of aromatic carboxylic acids is 1. The van der Waals surface area contributed by atoms with Crippen LogP contribution in [-0.4, -0.2) is 64.9 Å². The number of fused-ring (bicyclic) bond motifs is 3. The third-order valence-corrected chi connectivity index (χ3v) is 8.42. The molecule has 41 heavy (non-hydrogen) atoms. The Morgan fingerprint density at radius 3 is 2.20 bits per heavy atom. The van der Waals surface area contributed by atoms with Crippen LogP contribution in [0.4, 0.5) is 4.79 Å². The van der Waals surface area contributed by atoms with Crippen molar-refractivity contribution >= 4 is 37.0 Å². The molecule has 0 atom stereocenters. The number of carbonyl (C=O) groups excluding carboxylic acids is 1. The predicted octanol–water partition coefficient (Wildman–Crippen LogP) is 5.45. The first-order valence-corrected chi connectivity index (χ1v) is 14.5. The molecule has 5 rings (SSSR count). The molecule has 1 amide bonds. The molecule has 2 aliphatic rings. The summed E-state index contributed by atoms with van der Waals surface area (Å²) in [7, 11) is -0.837. The zero-order valence-electron chi connectivity index (χ0n) is 23.6. The molecule has 0 spiro atoms. The van der Waals surface area contributed by atoms with Gasteiger partial charge in [0, 0.05) is 24.2 Å². The van der Waals surface area contributed by atoms with Gasteiger partial charge < -0.3 is 24.5 Å². The number of carbonyl (C=O) groups is 2. The first-order chi connectivity index (χ1) is 19.5. The van der Waals surface area contributed by atoms with Crippen LogP contribution in [-0.2, 0) is 14.0 Å². The highest BCUT2D eigenvalue weighted by Crippen LogP contribution is 2.44. The maximum Gasteiger partial charge on any atom is 0.492 e. The van der Waals surface area contributed by atoms with E-state index in [0.29, 0.717) is 10.6 Å². The van der Waals surface area contributed by atoms with E-state index >= 15 is 0 Å². The molecule has 1 aromatic heterocycles. The fourth-order valence-corrected chi connectivity index (χ4v) is 5.31. The van der Waals surface area contributed by atoms with Gasteiger partial charge in [0.2, 0.25) is 0 Å². The normalized spacial score (nSPS) is 17.2. The van der Waals surface area contributed by atoms with E-state index in [1.807, 2.05) is 52.0 Å². The van der Waals surface area contributed by atoms with Crippen molar-refractivity contribution < 1.29 is 28.7 Å². The summed E-state index contributed by atoms with van der Waals surface area (Å²) in [5.41, 5.74) is 3.86. The fraction of sp³-hybridized carbons (Fsp3) is 0.333. The van der Waals surface area contributed by atoms with Gasteiger partial charge in [-0.25, -0.2) is 19.6 Å². The minimum Gasteiger partial charge on any atom is -0.476 e. The molecule has 9 nitrogen and oxygen atoms in total. The van der Waals surface area contributed by atoms with Crippen molar-refractivity contribution in [3.8, 4) is 11.1 Å². The lowest BCUT2D eigenvalue weighted by molar-refractivity contribution is 0.00578. The molecule has 2 N–H and O–H groups in total. The number of nitrogens with one attached hydrogen (secondary N) is 1. The van der Waals surface area contributed by atoms with Crippen LogP contribution in [0, 0.1) is 0 Å². The predicted molar refractivity (Wildman–Crippen MR) is 158 cm³/mol. The Morgan fingerprint density at radius 2 is 1.63 bits per heavy atom. The number of hydrogen-bond acceptors (Lipinski definition) is 8. The molecule has 0 saturated carbocycles. The molecule has 2 aromatic carbocycles. The number of rotatable bonds is 8. The maximum absolute atomic E-state index is 12.9. The molecule has 1 aliphatic carbocycles. The maximum atomic E-state index is 12.9. The number of thioether (sulfide) groups is 1. The summed E-state index contributed by atoms with van der Waals surface area (Å²) in [6.07, 6.45) is 4.20. The van der Waals surface area contributed by atoms with Crippen LogP contribution >= 0.6 is 11.8 Å². The Kier molecular flexibility index (Phi) is 7.96. The molecule has 2 heterocycles. The molecule has 1 aliphatic heterocycles. The van der Waals surface area contributed by atoms with Crippen molar-refractivity contribution in [3.05, 3.63) is 82.6 Å². The van der Waals surface area contributed by atoms with Gasteiger partial charge in [0.25, 0.3) is 0 Å². The first kappa shape index (κ1) is 28.8. The second-order valence-corrected chi connectivity index (χ2v) is 11.7. The summed E-state index contributed by atoms with van der Waals surface area (Å²) in [6, 6.07) is 16.3. The Hall–Kier alpha value is -3.67. The summed E-state index contributed by atoms with van der Waals surface area (Å²) < 4.78 is 18.1. The number of amides is 1. The van der Waals surface area contributed by atoms with E-state index in [1.54, 1.807) is 12.3 Å². The van der Waals surface area contributed by atoms with E-state index in [4.69, 9.17) is 14.0 Å². The smallest absolute Gasteiger partial charge is 0.476 e. The number of hydrogen-bond donors (Lipinski definition) is 2. The van der Waals surface area contributed by atoms with Crippen molar-refractivity contribution in [1.82, 2.24) is 15.3 Å². The zero-order valence-corrected chi connectivity index (χ0v) is 24.5. The Balaban J connectivity index is 1.35. The van der Waals surface area contributed by atoms with Crippen molar-refractivity contribution in [1.29, 1.82) is 0 Å². The monoisotopic (exact) mass is 573 g/mol. The van der Waals surface area contributed by atoms with E-state index in [-0.39, 0.29) is 30.3 Å². The quantitative estimate of drug-likeness (QED) is 0.206. The van der Waals surface area contributed by atoms with Gasteiger partial charge in [0.1, 0.15) is 6.61 Å². The van der Waals surface area contributed by atoms with Crippen LogP contribution in [0.25, 0.3) is 17.2 Å². The summed E-state index contributed by atoms with van der Waals surface area (Å²) in [4.78, 5) is 33.3. The van der Waals surface area contributed by atoms with Crippen LogP contribution in [0.1, 0.15) is 60.8 Å². The SMILES string of the molecule is CSc1ncc(C=C(CNC(=O)OCC2c3ccccc3-c3ccccc32)B2OC(C)(C)C(C)(C)O2)c(C(=O)O)n1. The van der Waals surface area contributed by atoms with Crippen molar-refractivity contribution in [2.24, 2.45) is 0 Å². The van der Waals surface area contributed by atoms with Crippen LogP contribution in [0.5, 0.6) is 0 Å². The fourth-order valence-electron chi connectivity index (χ4n) is 4.97. The van der Waals surface area contributed by atoms with Gasteiger partial charge in [-0.15, -0.1) is 0 Å². The van der Waals surface area contributed by atoms with Gasteiger partial charge >= 0.3 is 19.2 Å². The molecule has 1 fully saturated rings. The van der Waals surface area contributed by atoms with E-state index in [1.165, 1.54) is 18.0 Å². The van der Waals surface area contributed by atoms with Crippen LogP contribution < -0.4 is 5.32 Å². The molecular formula is C30H32BN3O6S. The van der Waals surface area contributed by atoms with E-state index in [9.17, 15) is 14.7 Å². The van der Waals surface area contributed by atoms with Crippen LogP contribution in [0.3, 0.4) is 0 Å². The number of carboxylic acid groups (broad SMARTS) is 1. The van der Waals surface area contributed by atoms with E-state index in [0.717, 1.165) is 22.3 Å². The highest BCUT2D eigenvalue weighted by molar-refractivity contribution is 7.98. The van der Waals surface area contributed by atoms with Gasteiger partial charge in [-0.3, -0.25) is 0 Å². The molecule has 0 unspecified atom stereocenters. The Morgan fingerprint density at radius 1 is 1.05 bits per heavy atom. The summed E-state index contributed by atoms with van der Waals surface area (Å²) in [5.74, 6) is -1.26. The molecule has 3 aromatic rings. The first-order valence-electron chi connectivity index (χ1n) is 13.3. The number of aromatic nitrogens is 2. The molecule has 0 bridgehead atoms. The Labute approximate surface area is 243 Å². The average molecular weight is 573 g/mol. The van der Waals surface area contributed by atoms with Crippen molar-refractivity contribution in [2.75, 3.05) is 19.4 Å². The van der Waals surface area contributed by atoms with Crippen LogP contribution in [0.2, 0.25) is 0 Å². The highest BCUT2D eigenvalue weighted by atomic mass is 32.2. The van der Waals surface area contributed by atoms with Gasteiger partial charge in [0.05, 0.1) is 11.2 Å². The number of benzene rings is 2. The van der Waals surface area contributed by atoms with Crippen molar-refractivity contribution in [2.45, 2.75) is 50.0 Å². The third kappa shape index (κ3) is 5.75. The minimum absolute atomic E-state index is 0.00314. The van der Waals surface area contributed by atoms with Gasteiger partial charge in [-0.05, 0) is 61.7 Å². The number of nitrogens with zero attached hydrogens (tertiary/aromatic N) is 2. The molecule has 212 valence electrons. The summed E-state index contributed by atoms with van der Waals surface area (Å²) >= 11 is 1.25. The number of ether oxygens (including phenoxy) is 1. The minimum atomic E-state index is -1.19. The second-order valence-electron chi connectivity index (χ2n) is 11.0. The summed E-state index contributed by atoms with van der Waals surface area (Å²) in [6.45, 7) is 7.84. The van der Waals surface area contributed by atoms with Gasteiger partial charge in [0.15, 0.2) is 10.9 Å². The Bertz CT molecular complexity index is 1460. The highest BCUT2D eigenvalue weighted by Gasteiger charge is 2.52. The lowest BCUT2D eigenvalue weighted by Crippen LogP contribution is -2.41. The van der Waals surface area contributed by atoms with Gasteiger partial charge in [-0.1, -0.05) is 66.4 Å². The molecular weight excluding hydrogens is 541 g/mol. The average Bonchev–Trinajstić information content (AvgIpc) is 3.38. The van der Waals surface area contributed by atoms with Gasteiger partial charge in [-0.2, -0.15) is 0 Å². The summed E-state index contributed by atoms with van der Waals surface area (Å²) in [5, 5.41) is 12.9. The van der Waals surface area contributed by atoms with Crippen LogP contribution in [0.15, 0.2) is 65.4 Å².